The lowest BCUT2D eigenvalue weighted by Gasteiger charge is -2.08. The first kappa shape index (κ1) is 16.3. The lowest BCUT2D eigenvalue weighted by atomic mass is 10.2. The standard InChI is InChI=1S/C17H18FN5OS/c1-10(2)15-19-14(24-22-15)9-25-17-21-20-16(23(17)11-7-8-11)12-5-3-4-6-13(12)18/h3-6,10-11H,7-9H2,1-2H3. The van der Waals surface area contributed by atoms with Crippen molar-refractivity contribution in [2.45, 2.75) is 49.6 Å². The van der Waals surface area contributed by atoms with Crippen LogP contribution in [-0.4, -0.2) is 24.9 Å². The van der Waals surface area contributed by atoms with Gasteiger partial charge in [-0.1, -0.05) is 42.9 Å². The van der Waals surface area contributed by atoms with Gasteiger partial charge in [-0.3, -0.25) is 4.57 Å². The smallest absolute Gasteiger partial charge is 0.237 e. The lowest BCUT2D eigenvalue weighted by molar-refractivity contribution is 0.382. The van der Waals surface area contributed by atoms with Crippen molar-refractivity contribution in [1.82, 2.24) is 24.9 Å². The molecule has 0 spiro atoms. The highest BCUT2D eigenvalue weighted by atomic mass is 32.2. The summed E-state index contributed by atoms with van der Waals surface area (Å²) in [5, 5.41) is 13.2. The van der Waals surface area contributed by atoms with E-state index in [1.165, 1.54) is 17.8 Å². The summed E-state index contributed by atoms with van der Waals surface area (Å²) in [4.78, 5) is 4.38. The fraction of sp³-hybridized carbons (Fsp3) is 0.412. The normalized spacial score (nSPS) is 14.4. The second-order valence-corrected chi connectivity index (χ2v) is 7.32. The van der Waals surface area contributed by atoms with Gasteiger partial charge in [-0.15, -0.1) is 10.2 Å². The van der Waals surface area contributed by atoms with Crippen LogP contribution in [0, 0.1) is 5.82 Å². The average molecular weight is 359 g/mol. The van der Waals surface area contributed by atoms with Crippen LogP contribution in [0.2, 0.25) is 0 Å². The van der Waals surface area contributed by atoms with Crippen LogP contribution in [-0.2, 0) is 5.75 Å². The molecule has 1 fully saturated rings. The summed E-state index contributed by atoms with van der Waals surface area (Å²) in [6.07, 6.45) is 2.12. The van der Waals surface area contributed by atoms with Crippen LogP contribution in [0.25, 0.3) is 11.4 Å². The summed E-state index contributed by atoms with van der Waals surface area (Å²) in [6.45, 7) is 4.04. The minimum Gasteiger partial charge on any atom is -0.338 e. The van der Waals surface area contributed by atoms with Crippen LogP contribution in [0.3, 0.4) is 0 Å². The molecule has 6 nitrogen and oxygen atoms in total. The molecular weight excluding hydrogens is 341 g/mol. The summed E-state index contributed by atoms with van der Waals surface area (Å²) in [6, 6.07) is 7.00. The van der Waals surface area contributed by atoms with Gasteiger partial charge in [0, 0.05) is 12.0 Å². The molecule has 25 heavy (non-hydrogen) atoms. The maximum atomic E-state index is 14.2. The van der Waals surface area contributed by atoms with E-state index in [1.54, 1.807) is 12.1 Å². The number of hydrogen-bond donors (Lipinski definition) is 0. The topological polar surface area (TPSA) is 69.6 Å². The minimum atomic E-state index is -0.285. The molecule has 0 aliphatic heterocycles. The van der Waals surface area contributed by atoms with E-state index in [1.807, 2.05) is 24.5 Å². The van der Waals surface area contributed by atoms with Crippen molar-refractivity contribution < 1.29 is 8.91 Å². The van der Waals surface area contributed by atoms with Gasteiger partial charge in [0.25, 0.3) is 0 Å². The number of nitrogens with zero attached hydrogens (tertiary/aromatic N) is 5. The molecular formula is C17H18FN5OS. The SMILES string of the molecule is CC(C)c1noc(CSc2nnc(-c3ccccc3F)n2C2CC2)n1. The Balaban J connectivity index is 1.59. The summed E-state index contributed by atoms with van der Waals surface area (Å²) < 4.78 is 21.5. The Hall–Kier alpha value is -2.22. The quantitative estimate of drug-likeness (QED) is 0.614. The Morgan fingerprint density at radius 1 is 1.28 bits per heavy atom. The van der Waals surface area contributed by atoms with Crippen molar-refractivity contribution in [3.8, 4) is 11.4 Å². The number of halogens is 1. The highest BCUT2D eigenvalue weighted by molar-refractivity contribution is 7.98. The van der Waals surface area contributed by atoms with E-state index in [0.717, 1.165) is 18.0 Å². The lowest BCUT2D eigenvalue weighted by Crippen LogP contribution is -2.01. The first-order valence-electron chi connectivity index (χ1n) is 8.28. The third kappa shape index (κ3) is 3.30. The molecule has 0 bridgehead atoms. The summed E-state index contributed by atoms with van der Waals surface area (Å²) in [5.74, 6) is 2.30. The number of benzene rings is 1. The highest BCUT2D eigenvalue weighted by Gasteiger charge is 2.31. The summed E-state index contributed by atoms with van der Waals surface area (Å²) >= 11 is 1.49. The third-order valence-electron chi connectivity index (χ3n) is 4.02. The van der Waals surface area contributed by atoms with Gasteiger partial charge in [0.15, 0.2) is 16.8 Å². The number of aromatic nitrogens is 5. The van der Waals surface area contributed by atoms with Gasteiger partial charge < -0.3 is 4.52 Å². The van der Waals surface area contributed by atoms with Crippen LogP contribution in [0.15, 0.2) is 33.9 Å². The molecule has 1 saturated carbocycles. The number of hydrogen-bond acceptors (Lipinski definition) is 6. The fourth-order valence-corrected chi connectivity index (χ4v) is 3.39. The zero-order chi connectivity index (χ0) is 17.4. The molecule has 0 radical (unpaired) electrons. The Kier molecular flexibility index (Phi) is 4.29. The molecule has 2 aromatic heterocycles. The predicted octanol–water partition coefficient (Wildman–Crippen LogP) is 4.22. The molecule has 3 aromatic rings. The summed E-state index contributed by atoms with van der Waals surface area (Å²) in [5.41, 5.74) is 0.480. The van der Waals surface area contributed by atoms with Crippen molar-refractivity contribution in [1.29, 1.82) is 0 Å². The molecule has 8 heteroatoms. The number of thioether (sulfide) groups is 1. The van der Waals surface area contributed by atoms with E-state index < -0.39 is 0 Å². The minimum absolute atomic E-state index is 0.227. The molecule has 0 amide bonds. The second-order valence-electron chi connectivity index (χ2n) is 6.38. The molecule has 1 aliphatic rings. The molecule has 0 unspecified atom stereocenters. The van der Waals surface area contributed by atoms with Gasteiger partial charge >= 0.3 is 0 Å². The van der Waals surface area contributed by atoms with Gasteiger partial charge in [-0.05, 0) is 25.0 Å². The van der Waals surface area contributed by atoms with E-state index >= 15 is 0 Å². The van der Waals surface area contributed by atoms with Crippen molar-refractivity contribution in [2.75, 3.05) is 0 Å². The van der Waals surface area contributed by atoms with Crippen LogP contribution in [0.5, 0.6) is 0 Å². The van der Waals surface area contributed by atoms with E-state index in [4.69, 9.17) is 4.52 Å². The molecule has 2 heterocycles. The van der Waals surface area contributed by atoms with Crippen LogP contribution in [0.4, 0.5) is 4.39 Å². The van der Waals surface area contributed by atoms with E-state index in [9.17, 15) is 4.39 Å². The van der Waals surface area contributed by atoms with Crippen molar-refractivity contribution >= 4 is 11.8 Å². The third-order valence-corrected chi connectivity index (χ3v) is 4.94. The van der Waals surface area contributed by atoms with Gasteiger partial charge in [0.2, 0.25) is 5.89 Å². The zero-order valence-electron chi connectivity index (χ0n) is 14.0. The van der Waals surface area contributed by atoms with E-state index in [0.29, 0.717) is 34.9 Å². The van der Waals surface area contributed by atoms with Crippen LogP contribution >= 0.6 is 11.8 Å². The highest BCUT2D eigenvalue weighted by Crippen LogP contribution is 2.41. The van der Waals surface area contributed by atoms with Crippen molar-refractivity contribution in [3.63, 3.8) is 0 Å². The Bertz CT molecular complexity index is 887. The Morgan fingerprint density at radius 3 is 2.76 bits per heavy atom. The van der Waals surface area contributed by atoms with Crippen LogP contribution < -0.4 is 0 Å². The predicted molar refractivity (Wildman–Crippen MR) is 91.6 cm³/mol. The molecule has 0 N–H and O–H groups in total. The van der Waals surface area contributed by atoms with E-state index in [2.05, 4.69) is 20.3 Å². The van der Waals surface area contributed by atoms with Crippen LogP contribution in [0.1, 0.15) is 50.4 Å². The van der Waals surface area contributed by atoms with Gasteiger partial charge in [0.05, 0.1) is 11.3 Å². The monoisotopic (exact) mass is 359 g/mol. The Labute approximate surface area is 148 Å². The Morgan fingerprint density at radius 2 is 2.08 bits per heavy atom. The maximum absolute atomic E-state index is 14.2. The van der Waals surface area contributed by atoms with Gasteiger partial charge in [-0.25, -0.2) is 4.39 Å². The first-order chi connectivity index (χ1) is 12.1. The summed E-state index contributed by atoms with van der Waals surface area (Å²) in [7, 11) is 0. The second kappa shape index (κ2) is 6.59. The molecule has 1 aromatic carbocycles. The van der Waals surface area contributed by atoms with E-state index in [-0.39, 0.29) is 11.7 Å². The van der Waals surface area contributed by atoms with Gasteiger partial charge in [-0.2, -0.15) is 4.98 Å². The maximum Gasteiger partial charge on any atom is 0.237 e. The zero-order valence-corrected chi connectivity index (χ0v) is 14.8. The first-order valence-corrected chi connectivity index (χ1v) is 9.27. The molecule has 4 rings (SSSR count). The molecule has 0 atom stereocenters. The fourth-order valence-electron chi connectivity index (χ4n) is 2.55. The number of rotatable bonds is 6. The average Bonchev–Trinajstić information content (AvgIpc) is 3.17. The van der Waals surface area contributed by atoms with Crippen molar-refractivity contribution in [3.05, 3.63) is 41.8 Å². The molecule has 0 saturated heterocycles. The molecule has 1 aliphatic carbocycles. The van der Waals surface area contributed by atoms with Crippen molar-refractivity contribution in [2.24, 2.45) is 0 Å². The van der Waals surface area contributed by atoms with Gasteiger partial charge in [0.1, 0.15) is 5.82 Å². The largest absolute Gasteiger partial charge is 0.338 e. The molecule has 130 valence electrons.